The highest BCUT2D eigenvalue weighted by molar-refractivity contribution is 5.32. The molecule has 1 fully saturated rings. The number of rotatable bonds is 12. The van der Waals surface area contributed by atoms with E-state index in [9.17, 15) is 26.3 Å². The first kappa shape index (κ1) is 28.4. The summed E-state index contributed by atoms with van der Waals surface area (Å²) in [6.07, 6.45) is 3.33. The molecule has 0 aliphatic heterocycles. The standard InChI is InChI=1S/C28H34F6O2/c1-3-5-6-7-18-8-10-19(11-9-18)21-13-14-22(26(31)25(21)30)28(33,34)36-17-16-20-12-15-23(35-4-2)27(32)24(20)29/h12-15,18-19H,3-11,16-17H2,1-2H3/t18-,19-. The fourth-order valence-corrected chi connectivity index (χ4v) is 4.95. The Morgan fingerprint density at radius 3 is 2.22 bits per heavy atom. The molecule has 3 rings (SSSR count). The summed E-state index contributed by atoms with van der Waals surface area (Å²) in [4.78, 5) is 0. The van der Waals surface area contributed by atoms with Crippen LogP contribution in [-0.2, 0) is 17.3 Å². The van der Waals surface area contributed by atoms with Crippen LogP contribution in [0, 0.1) is 29.2 Å². The summed E-state index contributed by atoms with van der Waals surface area (Å²) in [6, 6.07) is 4.48. The van der Waals surface area contributed by atoms with Gasteiger partial charge in [0.2, 0.25) is 5.82 Å². The van der Waals surface area contributed by atoms with Crippen molar-refractivity contribution >= 4 is 0 Å². The minimum absolute atomic E-state index is 0.117. The third kappa shape index (κ3) is 6.75. The van der Waals surface area contributed by atoms with Gasteiger partial charge in [0, 0.05) is 0 Å². The molecule has 2 aromatic carbocycles. The Balaban J connectivity index is 1.62. The Morgan fingerprint density at radius 1 is 0.833 bits per heavy atom. The maximum absolute atomic E-state index is 14.8. The number of alkyl halides is 2. The number of hydrogen-bond acceptors (Lipinski definition) is 2. The number of unbranched alkanes of at least 4 members (excludes halogenated alkanes) is 2. The van der Waals surface area contributed by atoms with Gasteiger partial charge in [0.25, 0.3) is 0 Å². The van der Waals surface area contributed by atoms with Crippen LogP contribution in [0.1, 0.15) is 87.8 Å². The van der Waals surface area contributed by atoms with Gasteiger partial charge in [-0.2, -0.15) is 13.2 Å². The quantitative estimate of drug-likeness (QED) is 0.207. The van der Waals surface area contributed by atoms with E-state index in [0.717, 1.165) is 31.7 Å². The number of ether oxygens (including phenoxy) is 2. The Bertz CT molecular complexity index is 1000. The first-order valence-corrected chi connectivity index (χ1v) is 12.8. The van der Waals surface area contributed by atoms with Crippen LogP contribution in [0.15, 0.2) is 24.3 Å². The van der Waals surface area contributed by atoms with Gasteiger partial charge in [-0.1, -0.05) is 44.7 Å². The van der Waals surface area contributed by atoms with Gasteiger partial charge in [0.1, 0.15) is 0 Å². The lowest BCUT2D eigenvalue weighted by Gasteiger charge is -2.29. The van der Waals surface area contributed by atoms with Crippen LogP contribution in [0.3, 0.4) is 0 Å². The van der Waals surface area contributed by atoms with Gasteiger partial charge in [-0.05, 0) is 74.1 Å². The van der Waals surface area contributed by atoms with E-state index in [1.165, 1.54) is 31.0 Å². The molecule has 1 aliphatic rings. The average molecular weight is 517 g/mol. The Kier molecular flexibility index (Phi) is 10.1. The van der Waals surface area contributed by atoms with Crippen LogP contribution in [-0.4, -0.2) is 13.2 Å². The summed E-state index contributed by atoms with van der Waals surface area (Å²) >= 11 is 0. The number of halogens is 6. The molecule has 2 aromatic rings. The molecule has 200 valence electrons. The molecule has 0 amide bonds. The summed E-state index contributed by atoms with van der Waals surface area (Å²) in [6.45, 7) is 3.15. The molecular weight excluding hydrogens is 482 g/mol. The van der Waals surface area contributed by atoms with Crippen molar-refractivity contribution in [3.63, 3.8) is 0 Å². The first-order chi connectivity index (χ1) is 17.2. The highest BCUT2D eigenvalue weighted by Gasteiger charge is 2.38. The molecule has 36 heavy (non-hydrogen) atoms. The topological polar surface area (TPSA) is 18.5 Å². The lowest BCUT2D eigenvalue weighted by atomic mass is 9.76. The first-order valence-electron chi connectivity index (χ1n) is 12.8. The molecule has 0 saturated heterocycles. The molecule has 1 saturated carbocycles. The van der Waals surface area contributed by atoms with Crippen molar-refractivity contribution in [2.24, 2.45) is 5.92 Å². The second-order valence-corrected chi connectivity index (χ2v) is 9.44. The molecule has 0 bridgehead atoms. The Labute approximate surface area is 209 Å². The predicted octanol–water partition coefficient (Wildman–Crippen LogP) is 8.80. The zero-order valence-electron chi connectivity index (χ0n) is 20.8. The van der Waals surface area contributed by atoms with Gasteiger partial charge >= 0.3 is 6.11 Å². The van der Waals surface area contributed by atoms with E-state index in [2.05, 4.69) is 11.7 Å². The second-order valence-electron chi connectivity index (χ2n) is 9.44. The summed E-state index contributed by atoms with van der Waals surface area (Å²) in [7, 11) is 0. The van der Waals surface area contributed by atoms with Crippen molar-refractivity contribution in [1.82, 2.24) is 0 Å². The van der Waals surface area contributed by atoms with E-state index in [1.807, 2.05) is 0 Å². The average Bonchev–Trinajstić information content (AvgIpc) is 2.85. The smallest absolute Gasteiger partial charge is 0.386 e. The molecule has 0 spiro atoms. The third-order valence-corrected chi connectivity index (χ3v) is 7.01. The summed E-state index contributed by atoms with van der Waals surface area (Å²) in [5, 5.41) is 0. The second kappa shape index (κ2) is 12.8. The Hall–Kier alpha value is -2.22. The molecule has 8 heteroatoms. The molecule has 1 aliphatic carbocycles. The number of benzene rings is 2. The summed E-state index contributed by atoms with van der Waals surface area (Å²) < 4.78 is 96.4. The zero-order valence-corrected chi connectivity index (χ0v) is 20.8. The highest BCUT2D eigenvalue weighted by atomic mass is 19.3. The lowest BCUT2D eigenvalue weighted by Crippen LogP contribution is -2.23. The molecule has 0 atom stereocenters. The van der Waals surface area contributed by atoms with Crippen LogP contribution in [0.25, 0.3) is 0 Å². The van der Waals surface area contributed by atoms with Crippen LogP contribution in [0.5, 0.6) is 5.75 Å². The number of hydrogen-bond donors (Lipinski definition) is 0. The van der Waals surface area contributed by atoms with E-state index in [0.29, 0.717) is 18.8 Å². The Morgan fingerprint density at radius 2 is 1.56 bits per heavy atom. The van der Waals surface area contributed by atoms with E-state index in [-0.39, 0.29) is 29.4 Å². The van der Waals surface area contributed by atoms with Crippen molar-refractivity contribution in [3.8, 4) is 5.75 Å². The van der Waals surface area contributed by atoms with Crippen LogP contribution in [0.2, 0.25) is 0 Å². The van der Waals surface area contributed by atoms with Gasteiger partial charge in [0.05, 0.1) is 18.8 Å². The van der Waals surface area contributed by atoms with Crippen molar-refractivity contribution in [3.05, 3.63) is 64.2 Å². The maximum atomic E-state index is 14.8. The van der Waals surface area contributed by atoms with Crippen molar-refractivity contribution in [1.29, 1.82) is 0 Å². The van der Waals surface area contributed by atoms with E-state index in [1.54, 1.807) is 6.92 Å². The zero-order chi connectivity index (χ0) is 26.3. The van der Waals surface area contributed by atoms with Crippen molar-refractivity contribution in [2.75, 3.05) is 13.2 Å². The van der Waals surface area contributed by atoms with E-state index in [4.69, 9.17) is 4.74 Å². The normalized spacial score (nSPS) is 18.4. The van der Waals surface area contributed by atoms with Gasteiger partial charge in [-0.15, -0.1) is 0 Å². The fourth-order valence-electron chi connectivity index (χ4n) is 4.95. The minimum Gasteiger partial charge on any atom is -0.491 e. The molecule has 0 N–H and O–H groups in total. The molecular formula is C28H34F6O2. The van der Waals surface area contributed by atoms with Crippen LogP contribution in [0.4, 0.5) is 26.3 Å². The van der Waals surface area contributed by atoms with E-state index < -0.39 is 48.0 Å². The molecule has 0 heterocycles. The summed E-state index contributed by atoms with van der Waals surface area (Å²) in [5.74, 6) is -5.28. The predicted molar refractivity (Wildman–Crippen MR) is 126 cm³/mol. The van der Waals surface area contributed by atoms with Crippen LogP contribution >= 0.6 is 0 Å². The van der Waals surface area contributed by atoms with Crippen molar-refractivity contribution in [2.45, 2.75) is 83.7 Å². The van der Waals surface area contributed by atoms with Crippen LogP contribution < -0.4 is 4.74 Å². The molecule has 0 aromatic heterocycles. The van der Waals surface area contributed by atoms with Gasteiger partial charge in [-0.25, -0.2) is 13.2 Å². The monoisotopic (exact) mass is 516 g/mol. The van der Waals surface area contributed by atoms with Crippen molar-refractivity contribution < 1.29 is 35.8 Å². The van der Waals surface area contributed by atoms with Gasteiger partial charge < -0.3 is 9.47 Å². The SMILES string of the molecule is CCCCC[C@H]1CC[C@H](c2ccc(C(F)(F)OCCc3ccc(OCC)c(F)c3F)c(F)c2F)CC1. The van der Waals surface area contributed by atoms with E-state index >= 15 is 0 Å². The summed E-state index contributed by atoms with van der Waals surface area (Å²) in [5.41, 5.74) is -1.29. The molecule has 0 unspecified atom stereocenters. The third-order valence-electron chi connectivity index (χ3n) is 7.01. The van der Waals surface area contributed by atoms with Gasteiger partial charge in [-0.3, -0.25) is 0 Å². The minimum atomic E-state index is -4.14. The largest absolute Gasteiger partial charge is 0.491 e. The molecule has 2 nitrogen and oxygen atoms in total. The maximum Gasteiger partial charge on any atom is 0.386 e. The fraction of sp³-hybridized carbons (Fsp3) is 0.571. The molecule has 0 radical (unpaired) electrons. The van der Waals surface area contributed by atoms with Gasteiger partial charge in [0.15, 0.2) is 23.2 Å². The lowest BCUT2D eigenvalue weighted by molar-refractivity contribution is -0.250. The highest BCUT2D eigenvalue weighted by Crippen LogP contribution is 2.41.